The summed E-state index contributed by atoms with van der Waals surface area (Å²) in [5, 5.41) is 3.01. The fourth-order valence-electron chi connectivity index (χ4n) is 5.15. The van der Waals surface area contributed by atoms with Crippen LogP contribution in [-0.4, -0.2) is 33.8 Å². The van der Waals surface area contributed by atoms with Crippen molar-refractivity contribution in [2.75, 3.05) is 6.61 Å². The summed E-state index contributed by atoms with van der Waals surface area (Å²) in [6.45, 7) is 1.65. The van der Waals surface area contributed by atoms with Crippen LogP contribution in [-0.2, 0) is 4.79 Å². The molecule has 2 aromatic carbocycles. The summed E-state index contributed by atoms with van der Waals surface area (Å²) in [6, 6.07) is 9.53. The number of carbonyl (C=O) groups is 2. The second-order valence-corrected chi connectivity index (χ2v) is 9.42. The van der Waals surface area contributed by atoms with E-state index in [4.69, 9.17) is 16.3 Å². The molecule has 32 heavy (non-hydrogen) atoms. The van der Waals surface area contributed by atoms with E-state index in [1.54, 1.807) is 12.3 Å². The molecule has 0 aliphatic heterocycles. The molecule has 3 aliphatic carbocycles. The number of nitrogens with zero attached hydrogens (tertiary/aromatic N) is 2. The Balaban J connectivity index is 1.16. The van der Waals surface area contributed by atoms with Gasteiger partial charge in [-0.1, -0.05) is 17.7 Å². The molecule has 3 saturated carbocycles. The summed E-state index contributed by atoms with van der Waals surface area (Å²) in [5.74, 6) is -0.555. The number of rotatable bonds is 7. The molecule has 0 radical (unpaired) electrons. The average molecular weight is 454 g/mol. The fourth-order valence-corrected chi connectivity index (χ4v) is 5.27. The van der Waals surface area contributed by atoms with E-state index in [1.807, 2.05) is 19.1 Å². The van der Waals surface area contributed by atoms with E-state index < -0.39 is 5.82 Å². The highest BCUT2D eigenvalue weighted by atomic mass is 35.5. The molecule has 3 aliphatic rings. The van der Waals surface area contributed by atoms with Gasteiger partial charge in [0.05, 0.1) is 21.7 Å². The number of aryl methyl sites for hydroxylation is 1. The highest BCUT2D eigenvalue weighted by Crippen LogP contribution is 2.69. The maximum Gasteiger partial charge on any atom is 0.258 e. The fraction of sp³-hybridized carbons (Fsp3) is 0.333. The Morgan fingerprint density at radius 2 is 2.00 bits per heavy atom. The quantitative estimate of drug-likeness (QED) is 0.535. The summed E-state index contributed by atoms with van der Waals surface area (Å²) in [5.41, 5.74) is 2.40. The predicted molar refractivity (Wildman–Crippen MR) is 117 cm³/mol. The molecule has 6 nitrogen and oxygen atoms in total. The highest BCUT2D eigenvalue weighted by Gasteiger charge is 2.68. The molecule has 0 atom stereocenters. The summed E-state index contributed by atoms with van der Waals surface area (Å²) in [6.07, 6.45) is 4.42. The number of para-hydroxylation sites is 1. The van der Waals surface area contributed by atoms with E-state index in [9.17, 15) is 14.0 Å². The second-order valence-electron chi connectivity index (χ2n) is 9.01. The maximum atomic E-state index is 13.5. The maximum absolute atomic E-state index is 13.5. The van der Waals surface area contributed by atoms with E-state index >= 15 is 0 Å². The summed E-state index contributed by atoms with van der Waals surface area (Å²) < 4.78 is 18.8. The Kier molecular flexibility index (Phi) is 4.89. The number of nitrogens with one attached hydrogen (secondary N) is 1. The smallest absolute Gasteiger partial charge is 0.258 e. The van der Waals surface area contributed by atoms with Gasteiger partial charge in [-0.2, -0.15) is 0 Å². The van der Waals surface area contributed by atoms with Gasteiger partial charge in [0.2, 0.25) is 0 Å². The van der Waals surface area contributed by atoms with Crippen molar-refractivity contribution in [3.8, 4) is 5.75 Å². The molecule has 0 spiro atoms. The van der Waals surface area contributed by atoms with Crippen LogP contribution in [0.4, 0.5) is 4.39 Å². The number of amides is 1. The van der Waals surface area contributed by atoms with E-state index in [-0.39, 0.29) is 40.0 Å². The molecule has 2 bridgehead atoms. The first kappa shape index (κ1) is 20.8. The van der Waals surface area contributed by atoms with Crippen LogP contribution in [0.2, 0.25) is 5.02 Å². The minimum Gasteiger partial charge on any atom is -0.484 e. The normalized spacial score (nSPS) is 23.2. The van der Waals surface area contributed by atoms with Crippen molar-refractivity contribution in [3.63, 3.8) is 0 Å². The van der Waals surface area contributed by atoms with Crippen molar-refractivity contribution in [3.05, 3.63) is 64.7 Å². The number of ether oxygens (including phenoxy) is 1. The summed E-state index contributed by atoms with van der Waals surface area (Å²) in [7, 11) is 0. The van der Waals surface area contributed by atoms with Gasteiger partial charge in [-0.15, -0.1) is 0 Å². The molecule has 3 aromatic rings. The number of ketones is 1. The monoisotopic (exact) mass is 453 g/mol. The molecule has 1 N–H and O–H groups in total. The molecule has 1 aromatic heterocycles. The molecular formula is C24H21ClFN3O3. The Morgan fingerprint density at radius 1 is 1.22 bits per heavy atom. The Morgan fingerprint density at radius 3 is 2.75 bits per heavy atom. The number of benzene rings is 2. The van der Waals surface area contributed by atoms with Crippen LogP contribution in [0.1, 0.15) is 41.7 Å². The second kappa shape index (κ2) is 7.52. The number of hydrogen-bond donors (Lipinski definition) is 1. The van der Waals surface area contributed by atoms with E-state index in [0.717, 1.165) is 31.0 Å². The first-order valence-electron chi connectivity index (χ1n) is 10.4. The van der Waals surface area contributed by atoms with Gasteiger partial charge in [-0.3, -0.25) is 14.6 Å². The van der Waals surface area contributed by atoms with Crippen LogP contribution in [0.3, 0.4) is 0 Å². The first-order valence-corrected chi connectivity index (χ1v) is 10.8. The van der Waals surface area contributed by atoms with Crippen LogP contribution < -0.4 is 10.1 Å². The molecule has 8 heteroatoms. The van der Waals surface area contributed by atoms with E-state index in [0.29, 0.717) is 23.0 Å². The van der Waals surface area contributed by atoms with E-state index in [2.05, 4.69) is 15.3 Å². The SMILES string of the molecule is Cc1cnc2cccc(C(=O)CC34CC(NC(=O)COc5ccc(Cl)c(F)c5)(C3)C4)c2n1. The zero-order valence-corrected chi connectivity index (χ0v) is 18.2. The van der Waals surface area contributed by atoms with Crippen molar-refractivity contribution in [1.29, 1.82) is 0 Å². The van der Waals surface area contributed by atoms with Crippen LogP contribution >= 0.6 is 11.6 Å². The zero-order chi connectivity index (χ0) is 22.5. The van der Waals surface area contributed by atoms with Crippen molar-refractivity contribution in [2.24, 2.45) is 5.41 Å². The van der Waals surface area contributed by atoms with Crippen LogP contribution in [0.5, 0.6) is 5.75 Å². The third kappa shape index (κ3) is 3.71. The molecule has 1 amide bonds. The summed E-state index contributed by atoms with van der Waals surface area (Å²) in [4.78, 5) is 34.2. The number of fused-ring (bicyclic) bond motifs is 1. The lowest BCUT2D eigenvalue weighted by molar-refractivity contribution is -0.164. The van der Waals surface area contributed by atoms with Crippen LogP contribution in [0.15, 0.2) is 42.6 Å². The number of hydrogen-bond acceptors (Lipinski definition) is 5. The minimum absolute atomic E-state index is 0.00110. The molecule has 3 fully saturated rings. The number of Topliss-reactive ketones (excluding diaryl/α,β-unsaturated/α-hetero) is 1. The lowest BCUT2D eigenvalue weighted by Gasteiger charge is -2.70. The average Bonchev–Trinajstić information content (AvgIpc) is 2.71. The van der Waals surface area contributed by atoms with Gasteiger partial charge in [-0.25, -0.2) is 9.37 Å². The number of aromatic nitrogens is 2. The topological polar surface area (TPSA) is 81.2 Å². The van der Waals surface area contributed by atoms with E-state index in [1.165, 1.54) is 12.1 Å². The van der Waals surface area contributed by atoms with Gasteiger partial charge >= 0.3 is 0 Å². The molecule has 1 heterocycles. The molecular weight excluding hydrogens is 433 g/mol. The lowest BCUT2D eigenvalue weighted by Crippen LogP contribution is -2.75. The van der Waals surface area contributed by atoms with Crippen LogP contribution in [0.25, 0.3) is 11.0 Å². The lowest BCUT2D eigenvalue weighted by atomic mass is 9.38. The molecule has 0 saturated heterocycles. The van der Waals surface area contributed by atoms with Gasteiger partial charge < -0.3 is 10.1 Å². The highest BCUT2D eigenvalue weighted by molar-refractivity contribution is 6.30. The Hall–Kier alpha value is -3.06. The third-order valence-electron chi connectivity index (χ3n) is 6.34. The first-order chi connectivity index (χ1) is 15.3. The van der Waals surface area contributed by atoms with Gasteiger partial charge in [0, 0.05) is 29.8 Å². The predicted octanol–water partition coefficient (Wildman–Crippen LogP) is 4.42. The summed E-state index contributed by atoms with van der Waals surface area (Å²) >= 11 is 5.65. The van der Waals surface area contributed by atoms with Crippen molar-refractivity contribution in [1.82, 2.24) is 15.3 Å². The molecule has 164 valence electrons. The molecule has 0 unspecified atom stereocenters. The van der Waals surface area contributed by atoms with Crippen molar-refractivity contribution >= 4 is 34.3 Å². The largest absolute Gasteiger partial charge is 0.484 e. The van der Waals surface area contributed by atoms with Crippen molar-refractivity contribution < 1.29 is 18.7 Å². The number of halogens is 2. The van der Waals surface area contributed by atoms with Crippen LogP contribution in [0, 0.1) is 18.2 Å². The van der Waals surface area contributed by atoms with Gasteiger partial charge in [0.1, 0.15) is 11.6 Å². The Labute approximate surface area is 189 Å². The minimum atomic E-state index is -0.594. The standard InChI is InChI=1S/C24H21ClFN3O3/c1-14-9-27-19-4-2-3-16(22(19)28-14)20(30)8-23-11-24(12-23,13-23)29-21(31)10-32-15-5-6-17(25)18(26)7-15/h2-7,9H,8,10-13H2,1H3,(H,29,31). The van der Waals surface area contributed by atoms with Gasteiger partial charge in [0.15, 0.2) is 12.4 Å². The molecule has 6 rings (SSSR count). The third-order valence-corrected chi connectivity index (χ3v) is 6.64. The van der Waals surface area contributed by atoms with Gasteiger partial charge in [0.25, 0.3) is 5.91 Å². The zero-order valence-electron chi connectivity index (χ0n) is 17.5. The van der Waals surface area contributed by atoms with Crippen molar-refractivity contribution in [2.45, 2.75) is 38.1 Å². The number of carbonyl (C=O) groups excluding carboxylic acids is 2. The Bertz CT molecular complexity index is 1240. The van der Waals surface area contributed by atoms with Gasteiger partial charge in [-0.05, 0) is 55.9 Å².